The number of hydrogen-bond donors (Lipinski definition) is 2. The molecule has 5 nitrogen and oxygen atoms in total. The van der Waals surface area contributed by atoms with Crippen LogP contribution in [0.2, 0.25) is 0 Å². The molecule has 1 amide bonds. The van der Waals surface area contributed by atoms with Crippen LogP contribution in [0.15, 0.2) is 35.3 Å². The van der Waals surface area contributed by atoms with Gasteiger partial charge in [-0.1, -0.05) is 44.2 Å². The Kier molecular flexibility index (Phi) is 8.37. The lowest BCUT2D eigenvalue weighted by atomic mass is 9.65. The number of likely N-dealkylation sites (tertiary alicyclic amines) is 1. The van der Waals surface area contributed by atoms with Crippen molar-refractivity contribution in [1.82, 2.24) is 15.5 Å². The van der Waals surface area contributed by atoms with E-state index in [1.165, 1.54) is 5.56 Å². The predicted molar refractivity (Wildman–Crippen MR) is 119 cm³/mol. The van der Waals surface area contributed by atoms with Crippen molar-refractivity contribution in [3.63, 3.8) is 0 Å². The lowest BCUT2D eigenvalue weighted by molar-refractivity contribution is -0.119. The van der Waals surface area contributed by atoms with Crippen LogP contribution in [0.25, 0.3) is 0 Å². The van der Waals surface area contributed by atoms with Gasteiger partial charge in [0.05, 0.1) is 0 Å². The first-order chi connectivity index (χ1) is 11.8. The van der Waals surface area contributed by atoms with Gasteiger partial charge in [0.2, 0.25) is 5.91 Å². The Morgan fingerprint density at radius 2 is 1.81 bits per heavy atom. The molecule has 2 N–H and O–H groups in total. The van der Waals surface area contributed by atoms with Crippen molar-refractivity contribution in [3.05, 3.63) is 35.9 Å². The number of rotatable bonds is 6. The minimum atomic E-state index is -0.0380. The van der Waals surface area contributed by atoms with Crippen LogP contribution < -0.4 is 10.6 Å². The number of halogens is 1. The van der Waals surface area contributed by atoms with Crippen LogP contribution in [0.1, 0.15) is 40.2 Å². The standard InChI is InChI=1S/C20H32N4O.HI/c1-6-21-18(24-15-19(2,3)20(24,4)5)23-14-17(25)22-13-12-16-10-8-7-9-11-16;/h7-11H,6,12-15H2,1-5H3,(H,21,23)(H,22,25);1H. The molecule has 0 aromatic heterocycles. The SMILES string of the molecule is CCNC(=NCC(=O)NCCc1ccccc1)N1CC(C)(C)C1(C)C.I. The fourth-order valence-electron chi connectivity index (χ4n) is 2.99. The van der Waals surface area contributed by atoms with E-state index in [0.717, 1.165) is 25.5 Å². The summed E-state index contributed by atoms with van der Waals surface area (Å²) in [4.78, 5) is 18.9. The van der Waals surface area contributed by atoms with Gasteiger partial charge >= 0.3 is 0 Å². The molecule has 1 fully saturated rings. The lowest BCUT2D eigenvalue weighted by Crippen LogP contribution is -2.72. The molecule has 0 spiro atoms. The molecule has 0 unspecified atom stereocenters. The van der Waals surface area contributed by atoms with E-state index in [1.54, 1.807) is 0 Å². The number of aliphatic imine (C=N–C) groups is 1. The van der Waals surface area contributed by atoms with Gasteiger partial charge in [0, 0.05) is 30.6 Å². The van der Waals surface area contributed by atoms with Gasteiger partial charge in [-0.2, -0.15) is 0 Å². The third-order valence-electron chi connectivity index (χ3n) is 5.43. The molecule has 1 saturated heterocycles. The van der Waals surface area contributed by atoms with Gasteiger partial charge in [-0.05, 0) is 32.8 Å². The topological polar surface area (TPSA) is 56.7 Å². The second kappa shape index (κ2) is 9.58. The summed E-state index contributed by atoms with van der Waals surface area (Å²) < 4.78 is 0. The quantitative estimate of drug-likeness (QED) is 0.380. The molecule has 1 aromatic rings. The van der Waals surface area contributed by atoms with Crippen LogP contribution in [0, 0.1) is 5.41 Å². The van der Waals surface area contributed by atoms with Gasteiger partial charge < -0.3 is 15.5 Å². The first kappa shape index (κ1) is 22.7. The molecule has 2 rings (SSSR count). The molecule has 1 aliphatic heterocycles. The number of amides is 1. The summed E-state index contributed by atoms with van der Waals surface area (Å²) in [6.45, 7) is 13.6. The Morgan fingerprint density at radius 3 is 2.35 bits per heavy atom. The smallest absolute Gasteiger partial charge is 0.241 e. The molecule has 6 heteroatoms. The van der Waals surface area contributed by atoms with E-state index >= 15 is 0 Å². The second-order valence-electron chi connectivity index (χ2n) is 7.78. The fraction of sp³-hybridized carbons (Fsp3) is 0.600. The molecular formula is C20H33IN4O. The molecular weight excluding hydrogens is 439 g/mol. The number of nitrogens with one attached hydrogen (secondary N) is 2. The van der Waals surface area contributed by atoms with E-state index in [4.69, 9.17) is 0 Å². The van der Waals surface area contributed by atoms with E-state index in [1.807, 2.05) is 25.1 Å². The minimum Gasteiger partial charge on any atom is -0.356 e. The van der Waals surface area contributed by atoms with Crippen LogP contribution in [-0.4, -0.2) is 48.5 Å². The minimum absolute atomic E-state index is 0. The molecule has 0 radical (unpaired) electrons. The van der Waals surface area contributed by atoms with Crippen molar-refractivity contribution in [2.24, 2.45) is 10.4 Å². The second-order valence-corrected chi connectivity index (χ2v) is 7.78. The van der Waals surface area contributed by atoms with Crippen molar-refractivity contribution >= 4 is 35.8 Å². The number of nitrogens with zero attached hydrogens (tertiary/aromatic N) is 2. The largest absolute Gasteiger partial charge is 0.356 e. The fourth-order valence-corrected chi connectivity index (χ4v) is 2.99. The average Bonchev–Trinajstić information content (AvgIpc) is 2.58. The van der Waals surface area contributed by atoms with Crippen LogP contribution in [-0.2, 0) is 11.2 Å². The maximum atomic E-state index is 12.1. The van der Waals surface area contributed by atoms with E-state index in [2.05, 4.69) is 60.4 Å². The highest BCUT2D eigenvalue weighted by Crippen LogP contribution is 2.46. The van der Waals surface area contributed by atoms with Gasteiger partial charge in [-0.15, -0.1) is 24.0 Å². The van der Waals surface area contributed by atoms with Crippen LogP contribution in [0.3, 0.4) is 0 Å². The molecule has 1 aliphatic rings. The molecule has 0 aliphatic carbocycles. The van der Waals surface area contributed by atoms with Crippen molar-refractivity contribution in [1.29, 1.82) is 0 Å². The Hall–Kier alpha value is -1.31. The summed E-state index contributed by atoms with van der Waals surface area (Å²) in [7, 11) is 0. The third kappa shape index (κ3) is 5.34. The number of benzene rings is 1. The number of carbonyl (C=O) groups is 1. The zero-order valence-electron chi connectivity index (χ0n) is 16.6. The highest BCUT2D eigenvalue weighted by molar-refractivity contribution is 14.0. The Labute approximate surface area is 175 Å². The Balaban J connectivity index is 0.00000338. The van der Waals surface area contributed by atoms with Gasteiger partial charge in [-0.3, -0.25) is 4.79 Å². The summed E-state index contributed by atoms with van der Waals surface area (Å²) in [6, 6.07) is 10.2. The summed E-state index contributed by atoms with van der Waals surface area (Å²) in [5.74, 6) is 0.786. The number of carbonyl (C=O) groups excluding carboxylic acids is 1. The van der Waals surface area contributed by atoms with Crippen molar-refractivity contribution < 1.29 is 4.79 Å². The molecule has 1 aromatic carbocycles. The first-order valence-electron chi connectivity index (χ1n) is 9.14. The molecule has 0 bridgehead atoms. The summed E-state index contributed by atoms with van der Waals surface area (Å²) in [5, 5.41) is 6.26. The van der Waals surface area contributed by atoms with E-state index in [0.29, 0.717) is 6.54 Å². The predicted octanol–water partition coefficient (Wildman–Crippen LogP) is 3.05. The Bertz CT molecular complexity index is 613. The monoisotopic (exact) mass is 472 g/mol. The first-order valence-corrected chi connectivity index (χ1v) is 9.14. The lowest BCUT2D eigenvalue weighted by Gasteiger charge is -2.62. The number of hydrogen-bond acceptors (Lipinski definition) is 2. The molecule has 0 saturated carbocycles. The highest BCUT2D eigenvalue weighted by Gasteiger charge is 2.53. The summed E-state index contributed by atoms with van der Waals surface area (Å²) in [6.07, 6.45) is 0.837. The van der Waals surface area contributed by atoms with Crippen molar-refractivity contribution in [3.8, 4) is 0 Å². The van der Waals surface area contributed by atoms with Crippen molar-refractivity contribution in [2.75, 3.05) is 26.2 Å². The Morgan fingerprint density at radius 1 is 1.15 bits per heavy atom. The number of guanidine groups is 1. The van der Waals surface area contributed by atoms with Gasteiger partial charge in [0.15, 0.2) is 5.96 Å². The summed E-state index contributed by atoms with van der Waals surface area (Å²) in [5.41, 5.74) is 1.49. The normalized spacial score (nSPS) is 17.7. The van der Waals surface area contributed by atoms with Crippen LogP contribution in [0.5, 0.6) is 0 Å². The highest BCUT2D eigenvalue weighted by atomic mass is 127. The maximum absolute atomic E-state index is 12.1. The van der Waals surface area contributed by atoms with Crippen LogP contribution in [0.4, 0.5) is 0 Å². The molecule has 0 atom stereocenters. The van der Waals surface area contributed by atoms with E-state index < -0.39 is 0 Å². The van der Waals surface area contributed by atoms with Gasteiger partial charge in [0.1, 0.15) is 6.54 Å². The molecule has 146 valence electrons. The van der Waals surface area contributed by atoms with Gasteiger partial charge in [0.25, 0.3) is 0 Å². The molecule has 1 heterocycles. The van der Waals surface area contributed by atoms with Crippen molar-refractivity contribution in [2.45, 2.75) is 46.6 Å². The third-order valence-corrected chi connectivity index (χ3v) is 5.43. The summed E-state index contributed by atoms with van der Waals surface area (Å²) >= 11 is 0. The maximum Gasteiger partial charge on any atom is 0.241 e. The molecule has 26 heavy (non-hydrogen) atoms. The zero-order chi connectivity index (χ0) is 18.5. The average molecular weight is 472 g/mol. The van der Waals surface area contributed by atoms with Crippen LogP contribution >= 0.6 is 24.0 Å². The zero-order valence-corrected chi connectivity index (χ0v) is 19.0. The van der Waals surface area contributed by atoms with Gasteiger partial charge in [-0.25, -0.2) is 4.99 Å². The van der Waals surface area contributed by atoms with E-state index in [9.17, 15) is 4.79 Å². The van der Waals surface area contributed by atoms with E-state index in [-0.39, 0.29) is 47.4 Å².